The summed E-state index contributed by atoms with van der Waals surface area (Å²) in [5.41, 5.74) is 0. The Kier molecular flexibility index (Phi) is 6.51. The van der Waals surface area contributed by atoms with Gasteiger partial charge in [0.2, 0.25) is 0 Å². The van der Waals surface area contributed by atoms with Crippen LogP contribution in [0.3, 0.4) is 0 Å². The molecule has 0 saturated carbocycles. The van der Waals surface area contributed by atoms with E-state index < -0.39 is 0 Å². The average Bonchev–Trinajstić information content (AvgIpc) is 2.96. The number of thiophene rings is 1. The van der Waals surface area contributed by atoms with Gasteiger partial charge in [-0.05, 0) is 31.4 Å². The summed E-state index contributed by atoms with van der Waals surface area (Å²) in [5.74, 6) is 0.816. The third kappa shape index (κ3) is 4.61. The number of carbonyl (C=O) groups excluding carboxylic acids is 1. The van der Waals surface area contributed by atoms with E-state index in [9.17, 15) is 4.79 Å². The van der Waals surface area contributed by atoms with Crippen LogP contribution in [0.5, 0.6) is 0 Å². The van der Waals surface area contributed by atoms with Crippen LogP contribution < -0.4 is 5.32 Å². The van der Waals surface area contributed by atoms with Crippen LogP contribution in [0.25, 0.3) is 0 Å². The van der Waals surface area contributed by atoms with Crippen molar-refractivity contribution >= 4 is 34.9 Å². The van der Waals surface area contributed by atoms with Gasteiger partial charge in [-0.2, -0.15) is 0 Å². The molecule has 2 rings (SSSR count). The van der Waals surface area contributed by atoms with E-state index in [4.69, 9.17) is 16.3 Å². The van der Waals surface area contributed by atoms with Gasteiger partial charge in [-0.3, -0.25) is 9.79 Å². The zero-order valence-corrected chi connectivity index (χ0v) is 14.5. The quantitative estimate of drug-likeness (QED) is 0.518. The largest absolute Gasteiger partial charge is 0.469 e. The number of nitrogens with zero attached hydrogens (tertiary/aromatic N) is 2. The molecule has 7 heteroatoms. The van der Waals surface area contributed by atoms with Gasteiger partial charge in [0.1, 0.15) is 0 Å². The zero-order chi connectivity index (χ0) is 15.9. The van der Waals surface area contributed by atoms with Crippen molar-refractivity contribution in [3.05, 3.63) is 21.3 Å². The molecule has 0 aliphatic carbocycles. The molecule has 5 nitrogen and oxygen atoms in total. The third-order valence-corrected chi connectivity index (χ3v) is 5.12. The van der Waals surface area contributed by atoms with Crippen LogP contribution >= 0.6 is 22.9 Å². The van der Waals surface area contributed by atoms with E-state index in [1.54, 1.807) is 18.4 Å². The lowest BCUT2D eigenvalue weighted by molar-refractivity contribution is -0.146. The predicted octanol–water partition coefficient (Wildman–Crippen LogP) is 2.40. The SMILES string of the molecule is CN=C(NCCc1ccc(Cl)s1)N1CCC(C(=O)OC)CC1. The molecule has 1 aliphatic heterocycles. The summed E-state index contributed by atoms with van der Waals surface area (Å²) >= 11 is 7.54. The Morgan fingerprint density at radius 1 is 1.50 bits per heavy atom. The second-order valence-corrected chi connectivity index (χ2v) is 7.01. The molecule has 1 N–H and O–H groups in total. The van der Waals surface area contributed by atoms with Gasteiger partial charge in [0.05, 0.1) is 17.4 Å². The molecule has 0 bridgehead atoms. The van der Waals surface area contributed by atoms with Gasteiger partial charge in [-0.25, -0.2) is 0 Å². The number of ether oxygens (including phenoxy) is 1. The van der Waals surface area contributed by atoms with E-state index in [1.807, 2.05) is 6.07 Å². The van der Waals surface area contributed by atoms with E-state index >= 15 is 0 Å². The number of piperidine rings is 1. The van der Waals surface area contributed by atoms with E-state index in [0.29, 0.717) is 0 Å². The van der Waals surface area contributed by atoms with E-state index in [1.165, 1.54) is 12.0 Å². The monoisotopic (exact) mass is 343 g/mol. The van der Waals surface area contributed by atoms with Crippen LogP contribution in [-0.4, -0.2) is 50.6 Å². The van der Waals surface area contributed by atoms with Crippen LogP contribution in [0.4, 0.5) is 0 Å². The summed E-state index contributed by atoms with van der Waals surface area (Å²) in [5, 5.41) is 3.38. The van der Waals surface area contributed by atoms with Crippen LogP contribution in [-0.2, 0) is 16.0 Å². The summed E-state index contributed by atoms with van der Waals surface area (Å²) in [4.78, 5) is 19.3. The first-order valence-corrected chi connectivity index (χ1v) is 8.61. The Bertz CT molecular complexity index is 525. The zero-order valence-electron chi connectivity index (χ0n) is 13.0. The van der Waals surface area contributed by atoms with Gasteiger partial charge in [-0.1, -0.05) is 11.6 Å². The number of nitrogens with one attached hydrogen (secondary N) is 1. The molecule has 0 aromatic carbocycles. The first-order valence-electron chi connectivity index (χ1n) is 7.41. The topological polar surface area (TPSA) is 53.9 Å². The van der Waals surface area contributed by atoms with Gasteiger partial charge in [-0.15, -0.1) is 11.3 Å². The molecule has 1 aromatic rings. The van der Waals surface area contributed by atoms with E-state index in [0.717, 1.165) is 49.2 Å². The number of hydrogen-bond acceptors (Lipinski definition) is 4. The number of rotatable bonds is 4. The summed E-state index contributed by atoms with van der Waals surface area (Å²) in [7, 11) is 3.24. The van der Waals surface area contributed by atoms with Crippen molar-refractivity contribution in [2.24, 2.45) is 10.9 Å². The molecule has 2 heterocycles. The van der Waals surface area contributed by atoms with Crippen molar-refractivity contribution in [2.45, 2.75) is 19.3 Å². The number of guanidine groups is 1. The van der Waals surface area contributed by atoms with Crippen molar-refractivity contribution in [1.29, 1.82) is 0 Å². The van der Waals surface area contributed by atoms with Crippen molar-refractivity contribution in [3.63, 3.8) is 0 Å². The molecule has 1 fully saturated rings. The number of esters is 1. The molecule has 0 unspecified atom stereocenters. The minimum absolute atomic E-state index is 0.0209. The Labute approximate surface area is 140 Å². The fraction of sp³-hybridized carbons (Fsp3) is 0.600. The molecule has 0 amide bonds. The third-order valence-electron chi connectivity index (χ3n) is 3.82. The second-order valence-electron chi connectivity index (χ2n) is 5.21. The number of hydrogen-bond donors (Lipinski definition) is 1. The van der Waals surface area contributed by atoms with Crippen molar-refractivity contribution in [1.82, 2.24) is 10.2 Å². The predicted molar refractivity (Wildman–Crippen MR) is 90.7 cm³/mol. The average molecular weight is 344 g/mol. The minimum Gasteiger partial charge on any atom is -0.469 e. The molecule has 0 radical (unpaired) electrons. The molecule has 1 aliphatic rings. The highest BCUT2D eigenvalue weighted by Crippen LogP contribution is 2.21. The molecule has 0 spiro atoms. The number of aliphatic imine (C=N–C) groups is 1. The maximum atomic E-state index is 11.5. The summed E-state index contributed by atoms with van der Waals surface area (Å²) in [6.07, 6.45) is 2.55. The summed E-state index contributed by atoms with van der Waals surface area (Å²) < 4.78 is 5.64. The first-order chi connectivity index (χ1) is 10.6. The Morgan fingerprint density at radius 3 is 2.77 bits per heavy atom. The second kappa shape index (κ2) is 8.39. The highest BCUT2D eigenvalue weighted by molar-refractivity contribution is 7.16. The Hall–Kier alpha value is -1.27. The lowest BCUT2D eigenvalue weighted by Crippen LogP contribution is -2.47. The first kappa shape index (κ1) is 17.1. The van der Waals surface area contributed by atoms with E-state index in [2.05, 4.69) is 21.3 Å². The molecule has 1 aromatic heterocycles. The number of halogens is 1. The maximum absolute atomic E-state index is 11.5. The lowest BCUT2D eigenvalue weighted by atomic mass is 9.97. The van der Waals surface area contributed by atoms with Gasteiger partial charge in [0.15, 0.2) is 5.96 Å². The summed E-state index contributed by atoms with van der Waals surface area (Å²) in [6, 6.07) is 3.98. The van der Waals surface area contributed by atoms with Crippen LogP contribution in [0.15, 0.2) is 17.1 Å². The normalized spacial score (nSPS) is 16.7. The Morgan fingerprint density at radius 2 is 2.23 bits per heavy atom. The smallest absolute Gasteiger partial charge is 0.308 e. The fourth-order valence-electron chi connectivity index (χ4n) is 2.61. The molecular weight excluding hydrogens is 322 g/mol. The van der Waals surface area contributed by atoms with Gasteiger partial charge >= 0.3 is 5.97 Å². The van der Waals surface area contributed by atoms with Gasteiger partial charge < -0.3 is 15.0 Å². The Balaban J connectivity index is 1.77. The highest BCUT2D eigenvalue weighted by atomic mass is 35.5. The fourth-order valence-corrected chi connectivity index (χ4v) is 3.70. The van der Waals surface area contributed by atoms with Crippen molar-refractivity contribution < 1.29 is 9.53 Å². The number of carbonyl (C=O) groups is 1. The number of likely N-dealkylation sites (tertiary alicyclic amines) is 1. The van der Waals surface area contributed by atoms with Crippen LogP contribution in [0.2, 0.25) is 4.34 Å². The standard InChI is InChI=1S/C15H22ClN3O2S/c1-17-15(18-8-5-12-3-4-13(16)22-12)19-9-6-11(7-10-19)14(20)21-2/h3-4,11H,5-10H2,1-2H3,(H,17,18). The molecule has 122 valence electrons. The summed E-state index contributed by atoms with van der Waals surface area (Å²) in [6.45, 7) is 2.47. The molecule has 0 atom stereocenters. The molecular formula is C15H22ClN3O2S. The lowest BCUT2D eigenvalue weighted by Gasteiger charge is -2.33. The van der Waals surface area contributed by atoms with Crippen molar-refractivity contribution in [2.75, 3.05) is 33.8 Å². The minimum atomic E-state index is -0.0998. The van der Waals surface area contributed by atoms with Gasteiger partial charge in [0, 0.05) is 31.6 Å². The van der Waals surface area contributed by atoms with Crippen LogP contribution in [0.1, 0.15) is 17.7 Å². The molecule has 1 saturated heterocycles. The number of methoxy groups -OCH3 is 1. The highest BCUT2D eigenvalue weighted by Gasteiger charge is 2.26. The maximum Gasteiger partial charge on any atom is 0.308 e. The van der Waals surface area contributed by atoms with Gasteiger partial charge in [0.25, 0.3) is 0 Å². The molecule has 22 heavy (non-hydrogen) atoms. The van der Waals surface area contributed by atoms with E-state index in [-0.39, 0.29) is 11.9 Å². The van der Waals surface area contributed by atoms with Crippen LogP contribution in [0, 0.1) is 5.92 Å². The van der Waals surface area contributed by atoms with Crippen molar-refractivity contribution in [3.8, 4) is 0 Å².